The number of rotatable bonds is 3. The number of benzene rings is 3. The zero-order valence-corrected chi connectivity index (χ0v) is 12.6. The van der Waals surface area contributed by atoms with Gasteiger partial charge in [0.1, 0.15) is 0 Å². The van der Waals surface area contributed by atoms with Gasteiger partial charge in [-0.3, -0.25) is 0 Å². The Morgan fingerprint density at radius 3 is 1.71 bits per heavy atom. The summed E-state index contributed by atoms with van der Waals surface area (Å²) >= 11 is 0. The van der Waals surface area contributed by atoms with Crippen LogP contribution in [-0.4, -0.2) is 0 Å². The van der Waals surface area contributed by atoms with E-state index in [-0.39, 0.29) is 0 Å². The fourth-order valence-corrected chi connectivity index (χ4v) is 2.74. The van der Waals surface area contributed by atoms with Gasteiger partial charge >= 0.3 is 0 Å². The molecule has 0 heteroatoms. The first kappa shape index (κ1) is 13.6. The van der Waals surface area contributed by atoms with E-state index < -0.39 is 0 Å². The van der Waals surface area contributed by atoms with Gasteiger partial charge in [0.05, 0.1) is 0 Å². The van der Waals surface area contributed by atoms with Gasteiger partial charge in [-0.05, 0) is 33.7 Å². The molecule has 0 bridgehead atoms. The second kappa shape index (κ2) is 5.97. The van der Waals surface area contributed by atoms with Crippen LogP contribution in [0.3, 0.4) is 0 Å². The van der Waals surface area contributed by atoms with Gasteiger partial charge in [-0.2, -0.15) is 0 Å². The molecule has 0 fully saturated rings. The summed E-state index contributed by atoms with van der Waals surface area (Å²) < 4.78 is 0. The molecule has 0 atom stereocenters. The smallest absolute Gasteiger partial charge is 0.0149 e. The van der Waals surface area contributed by atoms with E-state index in [1.54, 1.807) is 0 Å². The fraction of sp³-hybridized carbons (Fsp3) is 0.143. The van der Waals surface area contributed by atoms with Crippen molar-refractivity contribution < 1.29 is 0 Å². The lowest BCUT2D eigenvalue weighted by Gasteiger charge is -2.13. The minimum Gasteiger partial charge on any atom is -0.0622 e. The molecule has 0 aliphatic heterocycles. The maximum Gasteiger partial charge on any atom is -0.0149 e. The molecule has 0 aliphatic rings. The molecule has 0 radical (unpaired) electrons. The minimum atomic E-state index is 0.537. The van der Waals surface area contributed by atoms with Crippen LogP contribution in [-0.2, 0) is 0 Å². The maximum absolute atomic E-state index is 2.25. The number of hydrogen-bond donors (Lipinski definition) is 0. The van der Waals surface area contributed by atoms with Gasteiger partial charge in [0.2, 0.25) is 0 Å². The Bertz CT molecular complexity index is 707. The van der Waals surface area contributed by atoms with E-state index in [2.05, 4.69) is 92.7 Å². The first-order valence-corrected chi connectivity index (χ1v) is 7.50. The van der Waals surface area contributed by atoms with Gasteiger partial charge < -0.3 is 0 Å². The molecule has 0 nitrogen and oxygen atoms in total. The molecule has 0 heterocycles. The summed E-state index contributed by atoms with van der Waals surface area (Å²) in [6.45, 7) is 4.49. The van der Waals surface area contributed by atoms with E-state index in [1.165, 1.54) is 27.8 Å². The summed E-state index contributed by atoms with van der Waals surface area (Å²) in [4.78, 5) is 0. The van der Waals surface area contributed by atoms with Gasteiger partial charge in [-0.15, -0.1) is 0 Å². The van der Waals surface area contributed by atoms with E-state index in [0.717, 1.165) is 0 Å². The van der Waals surface area contributed by atoms with Crippen molar-refractivity contribution in [1.29, 1.82) is 0 Å². The molecule has 0 aliphatic carbocycles. The van der Waals surface area contributed by atoms with Gasteiger partial charge in [0, 0.05) is 0 Å². The molecule has 3 aromatic rings. The third kappa shape index (κ3) is 2.90. The molecule has 104 valence electrons. The van der Waals surface area contributed by atoms with Crippen molar-refractivity contribution in [3.8, 4) is 22.3 Å². The van der Waals surface area contributed by atoms with Gasteiger partial charge in [0.15, 0.2) is 0 Å². The summed E-state index contributed by atoms with van der Waals surface area (Å²) in [6, 6.07) is 28.1. The topological polar surface area (TPSA) is 0 Å². The Morgan fingerprint density at radius 1 is 0.524 bits per heavy atom. The molecular weight excluding hydrogens is 252 g/mol. The normalized spacial score (nSPS) is 10.8. The lowest BCUT2D eigenvalue weighted by atomic mass is 9.92. The molecule has 0 aromatic heterocycles. The standard InChI is InChI=1S/C21H20/c1-16(2)20-10-6-7-11-21(20)19-14-12-18(13-15-19)17-8-4-3-5-9-17/h3-16H,1-2H3. The van der Waals surface area contributed by atoms with E-state index in [1.807, 2.05) is 0 Å². The van der Waals surface area contributed by atoms with Crippen molar-refractivity contribution in [2.45, 2.75) is 19.8 Å². The predicted molar refractivity (Wildman–Crippen MR) is 91.4 cm³/mol. The highest BCUT2D eigenvalue weighted by atomic mass is 14.1. The summed E-state index contributed by atoms with van der Waals surface area (Å²) in [7, 11) is 0. The zero-order valence-electron chi connectivity index (χ0n) is 12.6. The molecule has 3 aromatic carbocycles. The molecule has 0 unspecified atom stereocenters. The second-order valence-corrected chi connectivity index (χ2v) is 5.69. The molecular formula is C21H20. The lowest BCUT2D eigenvalue weighted by Crippen LogP contribution is -1.91. The first-order chi connectivity index (χ1) is 10.3. The summed E-state index contributed by atoms with van der Waals surface area (Å²) in [5, 5.41) is 0. The largest absolute Gasteiger partial charge is 0.0622 e. The Kier molecular flexibility index (Phi) is 3.87. The average Bonchev–Trinajstić information content (AvgIpc) is 2.56. The van der Waals surface area contributed by atoms with Crippen molar-refractivity contribution >= 4 is 0 Å². The SMILES string of the molecule is CC(C)c1ccccc1-c1ccc(-c2ccccc2)cc1. The highest BCUT2D eigenvalue weighted by Crippen LogP contribution is 2.30. The van der Waals surface area contributed by atoms with E-state index in [0.29, 0.717) is 5.92 Å². The Balaban J connectivity index is 1.99. The number of hydrogen-bond acceptors (Lipinski definition) is 0. The monoisotopic (exact) mass is 272 g/mol. The van der Waals surface area contributed by atoms with Crippen molar-refractivity contribution in [3.63, 3.8) is 0 Å². The molecule has 0 amide bonds. The Labute approximate surface area is 127 Å². The third-order valence-electron chi connectivity index (χ3n) is 3.89. The van der Waals surface area contributed by atoms with Crippen LogP contribution in [0, 0.1) is 0 Å². The van der Waals surface area contributed by atoms with E-state index >= 15 is 0 Å². The highest BCUT2D eigenvalue weighted by molar-refractivity contribution is 5.72. The zero-order chi connectivity index (χ0) is 14.7. The van der Waals surface area contributed by atoms with Crippen LogP contribution in [0.1, 0.15) is 25.3 Å². The average molecular weight is 272 g/mol. The minimum absolute atomic E-state index is 0.537. The van der Waals surface area contributed by atoms with Crippen LogP contribution >= 0.6 is 0 Å². The van der Waals surface area contributed by atoms with Gasteiger partial charge in [0.25, 0.3) is 0 Å². The molecule has 0 spiro atoms. The third-order valence-corrected chi connectivity index (χ3v) is 3.89. The van der Waals surface area contributed by atoms with Gasteiger partial charge in [-0.25, -0.2) is 0 Å². The van der Waals surface area contributed by atoms with Crippen LogP contribution in [0.15, 0.2) is 78.9 Å². The van der Waals surface area contributed by atoms with Crippen molar-refractivity contribution in [2.24, 2.45) is 0 Å². The fourth-order valence-electron chi connectivity index (χ4n) is 2.74. The van der Waals surface area contributed by atoms with E-state index in [4.69, 9.17) is 0 Å². The highest BCUT2D eigenvalue weighted by Gasteiger charge is 2.07. The molecule has 0 saturated heterocycles. The maximum atomic E-state index is 2.25. The molecule has 0 N–H and O–H groups in total. The Morgan fingerprint density at radius 2 is 1.05 bits per heavy atom. The molecule has 21 heavy (non-hydrogen) atoms. The van der Waals surface area contributed by atoms with Crippen LogP contribution < -0.4 is 0 Å². The quantitative estimate of drug-likeness (QED) is 0.537. The summed E-state index contributed by atoms with van der Waals surface area (Å²) in [5.41, 5.74) is 6.57. The van der Waals surface area contributed by atoms with Crippen molar-refractivity contribution in [1.82, 2.24) is 0 Å². The van der Waals surface area contributed by atoms with Crippen molar-refractivity contribution in [2.75, 3.05) is 0 Å². The molecule has 3 rings (SSSR count). The lowest BCUT2D eigenvalue weighted by molar-refractivity contribution is 0.869. The van der Waals surface area contributed by atoms with Crippen molar-refractivity contribution in [3.05, 3.63) is 84.4 Å². The predicted octanol–water partition coefficient (Wildman–Crippen LogP) is 6.14. The van der Waals surface area contributed by atoms with Crippen LogP contribution in [0.25, 0.3) is 22.3 Å². The summed E-state index contributed by atoms with van der Waals surface area (Å²) in [5.74, 6) is 0.537. The van der Waals surface area contributed by atoms with Crippen LogP contribution in [0.4, 0.5) is 0 Å². The summed E-state index contributed by atoms with van der Waals surface area (Å²) in [6.07, 6.45) is 0. The molecule has 0 saturated carbocycles. The van der Waals surface area contributed by atoms with E-state index in [9.17, 15) is 0 Å². The Hall–Kier alpha value is -2.34. The first-order valence-electron chi connectivity index (χ1n) is 7.50. The van der Waals surface area contributed by atoms with Gasteiger partial charge in [-0.1, -0.05) is 92.7 Å². The van der Waals surface area contributed by atoms with Crippen LogP contribution in [0.5, 0.6) is 0 Å². The van der Waals surface area contributed by atoms with Crippen LogP contribution in [0.2, 0.25) is 0 Å². The second-order valence-electron chi connectivity index (χ2n) is 5.69.